The first-order chi connectivity index (χ1) is 48.4. The molecule has 0 aromatic rings. The van der Waals surface area contributed by atoms with Gasteiger partial charge in [-0.15, -0.1) is 0 Å². The van der Waals surface area contributed by atoms with Crippen molar-refractivity contribution in [2.45, 2.75) is 445 Å². The molecule has 594 valence electrons. The number of aliphatic hydroxyl groups is 1. The van der Waals surface area contributed by atoms with Crippen LogP contribution in [0.2, 0.25) is 0 Å². The Hall–Kier alpha value is -1.94. The standard InChI is InChI=1S/C81H158O17P2/c1-7-9-11-13-15-17-19-21-23-25-26-28-30-32-34-39-47-53-59-65-80(85)97-76(69-91-78(83)63-57-51-45-38-33-31-29-27-24-22-20-18-16-14-12-10-8-2)71-95-99(87,88)93-67-75(82)68-94-100(89,90)96-72-77(70-92-79(84)64-58-52-46-42-41-44-50-56-62-74(5)6)98-81(86)66-60-54-48-40-36-35-37-43-49-55-61-73(3)4/h73-77,82H,7-72H2,1-6H3,(H,87,88)(H,89,90)/t75-,76-,77-/m1/s1. The van der Waals surface area contributed by atoms with Crippen LogP contribution in [0, 0.1) is 11.8 Å². The van der Waals surface area contributed by atoms with Crippen LogP contribution in [0.4, 0.5) is 0 Å². The van der Waals surface area contributed by atoms with Gasteiger partial charge in [0, 0.05) is 25.7 Å². The van der Waals surface area contributed by atoms with Gasteiger partial charge in [0.15, 0.2) is 12.2 Å². The Balaban J connectivity index is 5.24. The number of unbranched alkanes of at least 4 members (excludes halogenated alkanes) is 50. The van der Waals surface area contributed by atoms with Gasteiger partial charge in [-0.2, -0.15) is 0 Å². The van der Waals surface area contributed by atoms with Gasteiger partial charge in [-0.3, -0.25) is 37.3 Å². The Morgan fingerprint density at radius 1 is 0.270 bits per heavy atom. The first-order valence-electron chi connectivity index (χ1n) is 42.0. The highest BCUT2D eigenvalue weighted by Gasteiger charge is 2.30. The van der Waals surface area contributed by atoms with Gasteiger partial charge in [0.05, 0.1) is 26.4 Å². The number of hydrogen-bond acceptors (Lipinski definition) is 15. The predicted octanol–water partition coefficient (Wildman–Crippen LogP) is 24.3. The first-order valence-corrected chi connectivity index (χ1v) is 45.0. The molecule has 0 aliphatic heterocycles. The van der Waals surface area contributed by atoms with E-state index in [0.717, 1.165) is 102 Å². The molecule has 0 heterocycles. The second kappa shape index (κ2) is 72.6. The minimum atomic E-state index is -4.96. The highest BCUT2D eigenvalue weighted by Crippen LogP contribution is 2.45. The molecular formula is C81H158O17P2. The Morgan fingerprint density at radius 3 is 0.680 bits per heavy atom. The Bertz CT molecular complexity index is 1920. The van der Waals surface area contributed by atoms with Gasteiger partial charge >= 0.3 is 39.5 Å². The number of ether oxygens (including phenoxy) is 4. The molecule has 0 radical (unpaired) electrons. The molecule has 0 spiro atoms. The zero-order valence-corrected chi connectivity index (χ0v) is 67.3. The fourth-order valence-electron chi connectivity index (χ4n) is 12.5. The van der Waals surface area contributed by atoms with Crippen molar-refractivity contribution in [3.05, 3.63) is 0 Å². The van der Waals surface area contributed by atoms with E-state index in [-0.39, 0.29) is 25.7 Å². The number of esters is 4. The van der Waals surface area contributed by atoms with Gasteiger partial charge in [0.1, 0.15) is 19.3 Å². The molecule has 5 atom stereocenters. The predicted molar refractivity (Wildman–Crippen MR) is 409 cm³/mol. The SMILES string of the molecule is CCCCCCCCCCCCCCCCCCCCCC(=O)O[C@H](COC(=O)CCCCCCCCCCCCCCCCCCC)COP(=O)(O)OC[C@@H](O)COP(=O)(O)OC[C@@H](COC(=O)CCCCCCCCCCC(C)C)OC(=O)CCCCCCCCCCCCC(C)C. The van der Waals surface area contributed by atoms with Gasteiger partial charge < -0.3 is 33.8 Å². The topological polar surface area (TPSA) is 237 Å². The normalized spacial score (nSPS) is 13.9. The summed E-state index contributed by atoms with van der Waals surface area (Å²) in [6, 6.07) is 0. The van der Waals surface area contributed by atoms with Crippen LogP contribution in [0.1, 0.15) is 427 Å². The fraction of sp³-hybridized carbons (Fsp3) is 0.951. The number of carbonyl (C=O) groups is 4. The highest BCUT2D eigenvalue weighted by molar-refractivity contribution is 7.47. The molecule has 0 amide bonds. The minimum absolute atomic E-state index is 0.106. The zero-order valence-electron chi connectivity index (χ0n) is 65.5. The van der Waals surface area contributed by atoms with E-state index in [1.165, 1.54) is 244 Å². The molecule has 0 saturated carbocycles. The number of rotatable bonds is 80. The lowest BCUT2D eigenvalue weighted by molar-refractivity contribution is -0.161. The van der Waals surface area contributed by atoms with Crippen LogP contribution >= 0.6 is 15.6 Å². The summed E-state index contributed by atoms with van der Waals surface area (Å²) in [4.78, 5) is 73.0. The molecule has 0 aromatic heterocycles. The van der Waals surface area contributed by atoms with Crippen LogP contribution < -0.4 is 0 Å². The molecule has 0 aliphatic rings. The van der Waals surface area contributed by atoms with E-state index in [2.05, 4.69) is 41.5 Å². The molecule has 19 heteroatoms. The van der Waals surface area contributed by atoms with Gasteiger partial charge in [0.2, 0.25) is 0 Å². The summed E-state index contributed by atoms with van der Waals surface area (Å²) in [5.74, 6) is -0.631. The molecule has 0 aromatic carbocycles. The Kier molecular flexibility index (Phi) is 71.2. The van der Waals surface area contributed by atoms with Gasteiger partial charge in [-0.1, -0.05) is 375 Å². The third-order valence-corrected chi connectivity index (χ3v) is 20.9. The van der Waals surface area contributed by atoms with Crippen LogP contribution in [-0.2, 0) is 65.4 Å². The smallest absolute Gasteiger partial charge is 0.462 e. The molecule has 0 aliphatic carbocycles. The molecule has 0 bridgehead atoms. The quantitative estimate of drug-likeness (QED) is 0.0222. The van der Waals surface area contributed by atoms with Crippen molar-refractivity contribution in [2.75, 3.05) is 39.6 Å². The van der Waals surface area contributed by atoms with E-state index >= 15 is 0 Å². The third kappa shape index (κ3) is 74.3. The number of carbonyl (C=O) groups excluding carboxylic acids is 4. The summed E-state index contributed by atoms with van der Waals surface area (Å²) in [7, 11) is -9.92. The van der Waals surface area contributed by atoms with Crippen LogP contribution in [0.3, 0.4) is 0 Å². The van der Waals surface area contributed by atoms with E-state index in [4.69, 9.17) is 37.0 Å². The number of phosphoric acid groups is 2. The monoisotopic (exact) mass is 1470 g/mol. The molecule has 0 saturated heterocycles. The van der Waals surface area contributed by atoms with E-state index in [0.29, 0.717) is 25.7 Å². The van der Waals surface area contributed by atoms with E-state index in [9.17, 15) is 43.2 Å². The van der Waals surface area contributed by atoms with Gasteiger partial charge in [-0.05, 0) is 37.5 Å². The van der Waals surface area contributed by atoms with Crippen LogP contribution in [0.5, 0.6) is 0 Å². The Labute approximate surface area is 613 Å². The van der Waals surface area contributed by atoms with Gasteiger partial charge in [-0.25, -0.2) is 9.13 Å². The summed E-state index contributed by atoms with van der Waals surface area (Å²) in [6.45, 7) is 9.59. The molecule has 3 N–H and O–H groups in total. The summed E-state index contributed by atoms with van der Waals surface area (Å²) in [6.07, 6.45) is 62.5. The van der Waals surface area contributed by atoms with Crippen molar-refractivity contribution in [1.29, 1.82) is 0 Å². The maximum Gasteiger partial charge on any atom is 0.472 e. The Morgan fingerprint density at radius 2 is 0.460 bits per heavy atom. The average Bonchev–Trinajstić information content (AvgIpc) is 0.974. The number of aliphatic hydroxyl groups excluding tert-OH is 1. The fourth-order valence-corrected chi connectivity index (χ4v) is 14.1. The zero-order chi connectivity index (χ0) is 73.5. The van der Waals surface area contributed by atoms with Crippen molar-refractivity contribution in [3.63, 3.8) is 0 Å². The molecule has 17 nitrogen and oxygen atoms in total. The largest absolute Gasteiger partial charge is 0.472 e. The van der Waals surface area contributed by atoms with Crippen LogP contribution in [-0.4, -0.2) is 96.7 Å². The first kappa shape index (κ1) is 98.1. The average molecular weight is 1470 g/mol. The number of phosphoric ester groups is 2. The second-order valence-corrected chi connectivity index (χ2v) is 33.0. The van der Waals surface area contributed by atoms with E-state index in [1.807, 2.05) is 0 Å². The van der Waals surface area contributed by atoms with E-state index < -0.39 is 97.5 Å². The summed E-state index contributed by atoms with van der Waals surface area (Å²) in [5, 5.41) is 10.6. The van der Waals surface area contributed by atoms with Gasteiger partial charge in [0.25, 0.3) is 0 Å². The summed E-state index contributed by atoms with van der Waals surface area (Å²) >= 11 is 0. The van der Waals surface area contributed by atoms with E-state index in [1.54, 1.807) is 0 Å². The molecule has 100 heavy (non-hydrogen) atoms. The van der Waals surface area contributed by atoms with Crippen molar-refractivity contribution in [1.82, 2.24) is 0 Å². The minimum Gasteiger partial charge on any atom is -0.462 e. The summed E-state index contributed by atoms with van der Waals surface area (Å²) < 4.78 is 68.7. The molecule has 0 fully saturated rings. The van der Waals surface area contributed by atoms with Crippen molar-refractivity contribution < 1.29 is 80.2 Å². The molecule has 2 unspecified atom stereocenters. The molecular weight excluding hydrogens is 1310 g/mol. The third-order valence-electron chi connectivity index (χ3n) is 19.0. The van der Waals surface area contributed by atoms with Crippen molar-refractivity contribution in [2.24, 2.45) is 11.8 Å². The van der Waals surface area contributed by atoms with Crippen molar-refractivity contribution >= 4 is 39.5 Å². The highest BCUT2D eigenvalue weighted by atomic mass is 31.2. The lowest BCUT2D eigenvalue weighted by Crippen LogP contribution is -2.30. The van der Waals surface area contributed by atoms with Crippen LogP contribution in [0.15, 0.2) is 0 Å². The van der Waals surface area contributed by atoms with Crippen LogP contribution in [0.25, 0.3) is 0 Å². The van der Waals surface area contributed by atoms with Crippen molar-refractivity contribution in [3.8, 4) is 0 Å². The maximum absolute atomic E-state index is 13.1. The lowest BCUT2D eigenvalue weighted by Gasteiger charge is -2.21. The summed E-state index contributed by atoms with van der Waals surface area (Å²) in [5.41, 5.74) is 0. The second-order valence-electron chi connectivity index (χ2n) is 30.1. The molecule has 0 rings (SSSR count). The maximum atomic E-state index is 13.1. The number of hydrogen-bond donors (Lipinski definition) is 3. The lowest BCUT2D eigenvalue weighted by atomic mass is 10.0.